The average Bonchev–Trinajstić information content (AvgIpc) is 2.66. The maximum Gasteiger partial charge on any atom is 0.252 e. The molecule has 1 fully saturated rings. The van der Waals surface area contributed by atoms with Gasteiger partial charge in [-0.25, -0.2) is 0 Å². The average molecular weight is 359 g/mol. The quantitative estimate of drug-likeness (QED) is 0.779. The Kier molecular flexibility index (Phi) is 6.39. The monoisotopic (exact) mass is 358 g/mol. The second-order valence-corrected chi connectivity index (χ2v) is 6.61. The summed E-state index contributed by atoms with van der Waals surface area (Å²) >= 11 is 5.92. The van der Waals surface area contributed by atoms with Gasteiger partial charge >= 0.3 is 0 Å². The van der Waals surface area contributed by atoms with Gasteiger partial charge in [0.25, 0.3) is 5.91 Å². The first kappa shape index (κ1) is 17.9. The molecule has 6 heteroatoms. The molecule has 0 unspecified atom stereocenters. The minimum absolute atomic E-state index is 0.0800. The molecule has 5 nitrogen and oxygen atoms in total. The van der Waals surface area contributed by atoms with Crippen molar-refractivity contribution in [2.75, 3.05) is 39.3 Å². The molecule has 0 saturated carbocycles. The van der Waals surface area contributed by atoms with Crippen molar-refractivity contribution in [2.24, 2.45) is 0 Å². The van der Waals surface area contributed by atoms with E-state index in [1.165, 1.54) is 0 Å². The van der Waals surface area contributed by atoms with Gasteiger partial charge < -0.3 is 15.5 Å². The van der Waals surface area contributed by atoms with Crippen LogP contribution in [0, 0.1) is 0 Å². The lowest BCUT2D eigenvalue weighted by molar-refractivity contribution is 0.0951. The SMILES string of the molecule is O=C(NCCCN1CCNCC1)c1cncc(-c2ccc(Cl)cc2)c1. The highest BCUT2D eigenvalue weighted by Crippen LogP contribution is 2.21. The van der Waals surface area contributed by atoms with Gasteiger partial charge in [0.05, 0.1) is 5.56 Å². The fourth-order valence-electron chi connectivity index (χ4n) is 2.91. The van der Waals surface area contributed by atoms with Crippen LogP contribution in [-0.2, 0) is 0 Å². The van der Waals surface area contributed by atoms with E-state index in [9.17, 15) is 4.79 Å². The van der Waals surface area contributed by atoms with Crippen LogP contribution in [-0.4, -0.2) is 55.1 Å². The van der Waals surface area contributed by atoms with Gasteiger partial charge in [0, 0.05) is 55.7 Å². The van der Waals surface area contributed by atoms with E-state index in [4.69, 9.17) is 11.6 Å². The molecule has 0 bridgehead atoms. The van der Waals surface area contributed by atoms with E-state index in [0.29, 0.717) is 17.1 Å². The molecule has 2 N–H and O–H groups in total. The largest absolute Gasteiger partial charge is 0.352 e. The van der Waals surface area contributed by atoms with E-state index >= 15 is 0 Å². The van der Waals surface area contributed by atoms with Crippen LogP contribution in [0.25, 0.3) is 11.1 Å². The third kappa shape index (κ3) is 5.26. The topological polar surface area (TPSA) is 57.3 Å². The molecular weight excluding hydrogens is 336 g/mol. The molecule has 0 atom stereocenters. The van der Waals surface area contributed by atoms with Gasteiger partial charge in [-0.15, -0.1) is 0 Å². The number of rotatable bonds is 6. The predicted molar refractivity (Wildman–Crippen MR) is 101 cm³/mol. The highest BCUT2D eigenvalue weighted by Gasteiger charge is 2.10. The van der Waals surface area contributed by atoms with Crippen molar-refractivity contribution in [1.82, 2.24) is 20.5 Å². The molecule has 1 amide bonds. The first-order valence-electron chi connectivity index (χ1n) is 8.64. The molecule has 0 radical (unpaired) electrons. The molecular formula is C19H23ClN4O. The predicted octanol–water partition coefficient (Wildman–Crippen LogP) is 2.43. The van der Waals surface area contributed by atoms with Gasteiger partial charge in [0.2, 0.25) is 0 Å². The second-order valence-electron chi connectivity index (χ2n) is 6.17. The molecule has 1 aromatic carbocycles. The van der Waals surface area contributed by atoms with Crippen LogP contribution in [0.4, 0.5) is 0 Å². The van der Waals surface area contributed by atoms with Crippen molar-refractivity contribution < 1.29 is 4.79 Å². The van der Waals surface area contributed by atoms with Crippen LogP contribution >= 0.6 is 11.6 Å². The number of nitrogens with zero attached hydrogens (tertiary/aromatic N) is 2. The standard InChI is InChI=1S/C19H23ClN4O/c20-18-4-2-15(3-5-18)16-12-17(14-22-13-16)19(25)23-6-1-9-24-10-7-21-8-11-24/h2-5,12-14,21H,1,6-11H2,(H,23,25). The number of hydrogen-bond donors (Lipinski definition) is 2. The molecule has 0 aliphatic carbocycles. The lowest BCUT2D eigenvalue weighted by Crippen LogP contribution is -2.44. The number of amides is 1. The van der Waals surface area contributed by atoms with E-state index in [-0.39, 0.29) is 5.91 Å². The van der Waals surface area contributed by atoms with Gasteiger partial charge in [-0.2, -0.15) is 0 Å². The summed E-state index contributed by atoms with van der Waals surface area (Å²) in [5.74, 6) is -0.0800. The number of aromatic nitrogens is 1. The fraction of sp³-hybridized carbons (Fsp3) is 0.368. The first-order chi connectivity index (χ1) is 12.2. The minimum Gasteiger partial charge on any atom is -0.352 e. The first-order valence-corrected chi connectivity index (χ1v) is 9.02. The van der Waals surface area contributed by atoms with Gasteiger partial charge in [-0.05, 0) is 36.7 Å². The van der Waals surface area contributed by atoms with Gasteiger partial charge in [-0.3, -0.25) is 9.78 Å². The number of halogens is 1. The Morgan fingerprint density at radius 2 is 1.92 bits per heavy atom. The molecule has 1 aliphatic heterocycles. The second kappa shape index (κ2) is 8.94. The summed E-state index contributed by atoms with van der Waals surface area (Å²) in [5.41, 5.74) is 2.48. The van der Waals surface area contributed by atoms with Crippen LogP contribution in [0.15, 0.2) is 42.7 Å². The smallest absolute Gasteiger partial charge is 0.252 e. The Labute approximate surface area is 153 Å². The van der Waals surface area contributed by atoms with E-state index in [2.05, 4.69) is 20.5 Å². The number of piperazine rings is 1. The van der Waals surface area contributed by atoms with E-state index < -0.39 is 0 Å². The van der Waals surface area contributed by atoms with Crippen LogP contribution in [0.2, 0.25) is 5.02 Å². The number of hydrogen-bond acceptors (Lipinski definition) is 4. The normalized spacial score (nSPS) is 15.1. The Hall–Kier alpha value is -1.95. The van der Waals surface area contributed by atoms with Crippen molar-refractivity contribution >= 4 is 17.5 Å². The van der Waals surface area contributed by atoms with E-state index in [0.717, 1.165) is 50.3 Å². The number of pyridine rings is 1. The summed E-state index contributed by atoms with van der Waals surface area (Å²) in [6.45, 7) is 5.96. The molecule has 132 valence electrons. The Balaban J connectivity index is 1.51. The minimum atomic E-state index is -0.0800. The lowest BCUT2D eigenvalue weighted by atomic mass is 10.1. The zero-order valence-electron chi connectivity index (χ0n) is 14.2. The zero-order valence-corrected chi connectivity index (χ0v) is 14.9. The lowest BCUT2D eigenvalue weighted by Gasteiger charge is -2.27. The molecule has 0 spiro atoms. The van der Waals surface area contributed by atoms with Crippen LogP contribution in [0.1, 0.15) is 16.8 Å². The maximum absolute atomic E-state index is 12.3. The van der Waals surface area contributed by atoms with Crippen LogP contribution in [0.5, 0.6) is 0 Å². The number of nitrogens with one attached hydrogen (secondary N) is 2. The number of carbonyl (C=O) groups is 1. The number of carbonyl (C=O) groups excluding carboxylic acids is 1. The third-order valence-electron chi connectivity index (χ3n) is 4.32. The highest BCUT2D eigenvalue weighted by atomic mass is 35.5. The van der Waals surface area contributed by atoms with Crippen LogP contribution < -0.4 is 10.6 Å². The molecule has 25 heavy (non-hydrogen) atoms. The summed E-state index contributed by atoms with van der Waals surface area (Å²) in [6.07, 6.45) is 4.31. The fourth-order valence-corrected chi connectivity index (χ4v) is 3.03. The Morgan fingerprint density at radius 1 is 1.16 bits per heavy atom. The molecule has 2 aromatic rings. The maximum atomic E-state index is 12.3. The molecule has 1 saturated heterocycles. The summed E-state index contributed by atoms with van der Waals surface area (Å²) in [7, 11) is 0. The Bertz CT molecular complexity index is 699. The molecule has 1 aromatic heterocycles. The summed E-state index contributed by atoms with van der Waals surface area (Å²) in [5, 5.41) is 7.01. The van der Waals surface area contributed by atoms with Crippen molar-refractivity contribution in [3.8, 4) is 11.1 Å². The molecule has 1 aliphatic rings. The van der Waals surface area contributed by atoms with Crippen LogP contribution in [0.3, 0.4) is 0 Å². The highest BCUT2D eigenvalue weighted by molar-refractivity contribution is 6.30. The summed E-state index contributed by atoms with van der Waals surface area (Å²) in [6, 6.07) is 9.38. The molecule has 3 rings (SSSR count). The summed E-state index contributed by atoms with van der Waals surface area (Å²) < 4.78 is 0. The van der Waals surface area contributed by atoms with Gasteiger partial charge in [-0.1, -0.05) is 23.7 Å². The van der Waals surface area contributed by atoms with Crippen molar-refractivity contribution in [3.05, 3.63) is 53.3 Å². The van der Waals surface area contributed by atoms with Crippen molar-refractivity contribution in [2.45, 2.75) is 6.42 Å². The number of benzene rings is 1. The van der Waals surface area contributed by atoms with Crippen molar-refractivity contribution in [1.29, 1.82) is 0 Å². The van der Waals surface area contributed by atoms with Crippen molar-refractivity contribution in [3.63, 3.8) is 0 Å². The zero-order chi connectivity index (χ0) is 17.5. The van der Waals surface area contributed by atoms with Gasteiger partial charge in [0.1, 0.15) is 0 Å². The third-order valence-corrected chi connectivity index (χ3v) is 4.58. The molecule has 2 heterocycles. The van der Waals surface area contributed by atoms with E-state index in [1.807, 2.05) is 30.3 Å². The summed E-state index contributed by atoms with van der Waals surface area (Å²) in [4.78, 5) is 19.0. The Morgan fingerprint density at radius 3 is 2.68 bits per heavy atom. The van der Waals surface area contributed by atoms with Gasteiger partial charge in [0.15, 0.2) is 0 Å². The van der Waals surface area contributed by atoms with E-state index in [1.54, 1.807) is 12.4 Å².